The van der Waals surface area contributed by atoms with Crippen molar-refractivity contribution in [1.82, 2.24) is 25.1 Å². The summed E-state index contributed by atoms with van der Waals surface area (Å²) < 4.78 is 0. The van der Waals surface area contributed by atoms with Gasteiger partial charge in [0.15, 0.2) is 0 Å². The maximum atomic E-state index is 12.8. The molecular weight excluding hydrogens is 414 g/mol. The van der Waals surface area contributed by atoms with Crippen LogP contribution in [0.3, 0.4) is 0 Å². The summed E-state index contributed by atoms with van der Waals surface area (Å²) in [5.41, 5.74) is 10.5. The highest BCUT2D eigenvalue weighted by atomic mass is 16.1. The minimum atomic E-state index is -0.122. The van der Waals surface area contributed by atoms with Crippen LogP contribution in [0.5, 0.6) is 0 Å². The van der Waals surface area contributed by atoms with E-state index in [4.69, 9.17) is 10.7 Å². The minimum Gasteiger partial charge on any atom is -0.355 e. The number of fused-ring (bicyclic) bond motifs is 2. The second-order valence-corrected chi connectivity index (χ2v) is 8.52. The van der Waals surface area contributed by atoms with Crippen molar-refractivity contribution in [2.75, 3.05) is 18.0 Å². The third kappa shape index (κ3) is 3.54. The zero-order valence-electron chi connectivity index (χ0n) is 18.0. The molecule has 2 aromatic carbocycles. The van der Waals surface area contributed by atoms with Gasteiger partial charge in [0.05, 0.1) is 17.9 Å². The number of para-hydroxylation sites is 1. The lowest BCUT2D eigenvalue weighted by Gasteiger charge is -2.30. The molecule has 33 heavy (non-hydrogen) atoms. The van der Waals surface area contributed by atoms with Crippen LogP contribution < -0.4 is 16.2 Å². The van der Waals surface area contributed by atoms with Crippen molar-refractivity contribution in [3.8, 4) is 22.5 Å². The Hall–Kier alpha value is -4.04. The lowest BCUT2D eigenvalue weighted by Crippen LogP contribution is -2.40. The molecule has 4 heterocycles. The zero-order valence-corrected chi connectivity index (χ0v) is 18.0. The largest absolute Gasteiger partial charge is 0.355 e. The number of nitrogens with zero attached hydrogens (tertiary/aromatic N) is 4. The molecule has 0 radical (unpaired) electrons. The highest BCUT2D eigenvalue weighted by Crippen LogP contribution is 2.30. The van der Waals surface area contributed by atoms with Crippen LogP contribution in [0.15, 0.2) is 65.7 Å². The summed E-state index contributed by atoms with van der Waals surface area (Å²) in [6, 6.07) is 15.8. The minimum absolute atomic E-state index is 0.122. The SMILES string of the molecule is NC1CCN(c2cncc(-c3n[nH]c4ccc(-c5cc6ccccc6[nH]c5=O)cc34)n2)CC1. The summed E-state index contributed by atoms with van der Waals surface area (Å²) in [6.07, 6.45) is 5.40. The molecule has 0 spiro atoms. The fourth-order valence-electron chi connectivity index (χ4n) is 4.49. The Balaban J connectivity index is 1.42. The third-order valence-electron chi connectivity index (χ3n) is 6.36. The molecule has 1 fully saturated rings. The quantitative estimate of drug-likeness (QED) is 0.398. The number of nitrogens with two attached hydrogens (primary N) is 1. The number of hydrogen-bond acceptors (Lipinski definition) is 6. The van der Waals surface area contributed by atoms with Crippen molar-refractivity contribution in [3.63, 3.8) is 0 Å². The topological polar surface area (TPSA) is 117 Å². The number of aromatic nitrogens is 5. The monoisotopic (exact) mass is 437 g/mol. The number of nitrogens with one attached hydrogen (secondary N) is 2. The Morgan fingerprint density at radius 2 is 1.85 bits per heavy atom. The first kappa shape index (κ1) is 19.6. The molecule has 1 aliphatic heterocycles. The van der Waals surface area contributed by atoms with E-state index in [1.54, 1.807) is 12.4 Å². The van der Waals surface area contributed by atoms with E-state index in [9.17, 15) is 4.79 Å². The number of benzene rings is 2. The van der Waals surface area contributed by atoms with Gasteiger partial charge in [-0.2, -0.15) is 5.10 Å². The van der Waals surface area contributed by atoms with Crippen molar-refractivity contribution in [1.29, 1.82) is 0 Å². The van der Waals surface area contributed by atoms with E-state index in [2.05, 4.69) is 25.1 Å². The Morgan fingerprint density at radius 1 is 1.00 bits per heavy atom. The van der Waals surface area contributed by atoms with Gasteiger partial charge in [0.25, 0.3) is 5.56 Å². The van der Waals surface area contributed by atoms with E-state index in [-0.39, 0.29) is 11.6 Å². The lowest BCUT2D eigenvalue weighted by atomic mass is 10.0. The first-order valence-corrected chi connectivity index (χ1v) is 11.1. The maximum Gasteiger partial charge on any atom is 0.256 e. The Bertz CT molecular complexity index is 1530. The Morgan fingerprint density at radius 3 is 2.73 bits per heavy atom. The standard InChI is InChI=1S/C25H23N7O/c26-17-7-9-32(10-8-17)23-14-27-13-22(28-23)24-19-11-15(5-6-21(19)30-31-24)18-12-16-3-1-2-4-20(16)29-25(18)33/h1-6,11-14,17H,7-10,26H2,(H,29,33)(H,30,31). The van der Waals surface area contributed by atoms with Crippen LogP contribution in [0, 0.1) is 0 Å². The fraction of sp³-hybridized carbons (Fsp3) is 0.200. The molecule has 3 aromatic heterocycles. The van der Waals surface area contributed by atoms with Crippen LogP contribution in [0.1, 0.15) is 12.8 Å². The molecule has 164 valence electrons. The van der Waals surface area contributed by atoms with Crippen LogP contribution in [-0.4, -0.2) is 44.3 Å². The van der Waals surface area contributed by atoms with Gasteiger partial charge in [-0.05, 0) is 48.1 Å². The zero-order chi connectivity index (χ0) is 22.4. The first-order chi connectivity index (χ1) is 16.2. The number of piperidine rings is 1. The number of anilines is 1. The van der Waals surface area contributed by atoms with E-state index in [1.807, 2.05) is 48.5 Å². The van der Waals surface area contributed by atoms with Crippen LogP contribution in [0.25, 0.3) is 44.3 Å². The molecule has 0 aliphatic carbocycles. The molecular formula is C25H23N7O. The van der Waals surface area contributed by atoms with Gasteiger partial charge < -0.3 is 15.6 Å². The fourth-order valence-corrected chi connectivity index (χ4v) is 4.49. The maximum absolute atomic E-state index is 12.8. The van der Waals surface area contributed by atoms with Crippen molar-refractivity contribution in [2.45, 2.75) is 18.9 Å². The summed E-state index contributed by atoms with van der Waals surface area (Å²) in [5, 5.41) is 9.48. The van der Waals surface area contributed by atoms with Crippen molar-refractivity contribution >= 4 is 27.6 Å². The molecule has 1 saturated heterocycles. The summed E-state index contributed by atoms with van der Waals surface area (Å²) >= 11 is 0. The van der Waals surface area contributed by atoms with E-state index >= 15 is 0 Å². The number of aromatic amines is 2. The molecule has 0 saturated carbocycles. The molecule has 0 amide bonds. The van der Waals surface area contributed by atoms with Crippen molar-refractivity contribution < 1.29 is 0 Å². The summed E-state index contributed by atoms with van der Waals surface area (Å²) in [4.78, 5) is 27.3. The van der Waals surface area contributed by atoms with Crippen LogP contribution in [0.2, 0.25) is 0 Å². The average Bonchev–Trinajstić information content (AvgIpc) is 3.27. The van der Waals surface area contributed by atoms with E-state index in [0.717, 1.165) is 59.1 Å². The number of rotatable bonds is 3. The van der Waals surface area contributed by atoms with Gasteiger partial charge in [-0.3, -0.25) is 14.9 Å². The predicted octanol–water partition coefficient (Wildman–Crippen LogP) is 3.46. The first-order valence-electron chi connectivity index (χ1n) is 11.1. The molecule has 0 atom stereocenters. The number of hydrogen-bond donors (Lipinski definition) is 3. The predicted molar refractivity (Wildman–Crippen MR) is 130 cm³/mol. The summed E-state index contributed by atoms with van der Waals surface area (Å²) in [5.74, 6) is 0.831. The number of pyridine rings is 1. The van der Waals surface area contributed by atoms with E-state index in [1.165, 1.54) is 0 Å². The molecule has 1 aliphatic rings. The smallest absolute Gasteiger partial charge is 0.256 e. The van der Waals surface area contributed by atoms with Gasteiger partial charge in [-0.25, -0.2) is 4.98 Å². The lowest BCUT2D eigenvalue weighted by molar-refractivity contribution is 0.498. The highest BCUT2D eigenvalue weighted by Gasteiger charge is 2.19. The summed E-state index contributed by atoms with van der Waals surface area (Å²) in [6.45, 7) is 1.74. The van der Waals surface area contributed by atoms with Crippen LogP contribution in [-0.2, 0) is 0 Å². The number of H-pyrrole nitrogens is 2. The van der Waals surface area contributed by atoms with E-state index in [0.29, 0.717) is 17.0 Å². The molecule has 0 unspecified atom stereocenters. The van der Waals surface area contributed by atoms with Crippen LogP contribution >= 0.6 is 0 Å². The van der Waals surface area contributed by atoms with Gasteiger partial charge in [-0.1, -0.05) is 24.3 Å². The van der Waals surface area contributed by atoms with Crippen LogP contribution in [0.4, 0.5) is 5.82 Å². The molecule has 0 bridgehead atoms. The Labute approximate surface area is 189 Å². The average molecular weight is 438 g/mol. The Kier molecular flexibility index (Phi) is 4.66. The van der Waals surface area contributed by atoms with E-state index < -0.39 is 0 Å². The second-order valence-electron chi connectivity index (χ2n) is 8.52. The summed E-state index contributed by atoms with van der Waals surface area (Å²) in [7, 11) is 0. The van der Waals surface area contributed by atoms with Crippen molar-refractivity contribution in [3.05, 3.63) is 71.3 Å². The van der Waals surface area contributed by atoms with Gasteiger partial charge in [-0.15, -0.1) is 0 Å². The van der Waals surface area contributed by atoms with Gasteiger partial charge in [0, 0.05) is 35.6 Å². The normalized spacial score (nSPS) is 14.9. The molecule has 6 rings (SSSR count). The highest BCUT2D eigenvalue weighted by molar-refractivity contribution is 5.95. The van der Waals surface area contributed by atoms with Gasteiger partial charge in [0.1, 0.15) is 17.2 Å². The van der Waals surface area contributed by atoms with Gasteiger partial charge >= 0.3 is 0 Å². The third-order valence-corrected chi connectivity index (χ3v) is 6.36. The molecule has 8 heteroatoms. The molecule has 4 N–H and O–H groups in total. The van der Waals surface area contributed by atoms with Crippen molar-refractivity contribution in [2.24, 2.45) is 5.73 Å². The molecule has 8 nitrogen and oxygen atoms in total. The van der Waals surface area contributed by atoms with Gasteiger partial charge in [0.2, 0.25) is 0 Å². The molecule has 5 aromatic rings. The second kappa shape index (κ2) is 7.83.